The fourth-order valence-corrected chi connectivity index (χ4v) is 1.99. The van der Waals surface area contributed by atoms with Crippen LogP contribution in [0.5, 0.6) is 0 Å². The summed E-state index contributed by atoms with van der Waals surface area (Å²) in [4.78, 5) is 12.5. The Balaban J connectivity index is 2.51. The van der Waals surface area contributed by atoms with Gasteiger partial charge in [-0.1, -0.05) is 12.1 Å². The molecule has 2 rings (SSSR count). The van der Waals surface area contributed by atoms with E-state index in [4.69, 9.17) is 11.5 Å². The van der Waals surface area contributed by atoms with Gasteiger partial charge >= 0.3 is 0 Å². The van der Waals surface area contributed by atoms with E-state index in [1.807, 2.05) is 13.8 Å². The van der Waals surface area contributed by atoms with Gasteiger partial charge in [-0.05, 0) is 49.2 Å². The summed E-state index contributed by atoms with van der Waals surface area (Å²) in [5, 5.41) is 0. The van der Waals surface area contributed by atoms with Gasteiger partial charge in [-0.3, -0.25) is 4.79 Å². The second-order valence-electron chi connectivity index (χ2n) is 4.42. The number of carbonyl (C=O) groups excluding carboxylic acids is 1. The number of nitrogens with two attached hydrogens (primary N) is 2. The van der Waals surface area contributed by atoms with Crippen molar-refractivity contribution in [2.24, 2.45) is 0 Å². The monoisotopic (exact) mass is 240 g/mol. The van der Waals surface area contributed by atoms with Crippen LogP contribution in [0.2, 0.25) is 0 Å². The summed E-state index contributed by atoms with van der Waals surface area (Å²) in [6, 6.07) is 10.7. The molecule has 3 heteroatoms. The minimum absolute atomic E-state index is 0.0164. The van der Waals surface area contributed by atoms with Crippen LogP contribution in [0, 0.1) is 13.8 Å². The van der Waals surface area contributed by atoms with Gasteiger partial charge in [-0.15, -0.1) is 0 Å². The van der Waals surface area contributed by atoms with E-state index >= 15 is 0 Å². The van der Waals surface area contributed by atoms with Crippen LogP contribution < -0.4 is 11.5 Å². The van der Waals surface area contributed by atoms with Gasteiger partial charge in [0.1, 0.15) is 0 Å². The number of nitrogen functional groups attached to an aromatic ring is 2. The molecule has 0 aliphatic carbocycles. The molecule has 0 spiro atoms. The lowest BCUT2D eigenvalue weighted by molar-refractivity contribution is 0.103. The first-order valence-corrected chi connectivity index (χ1v) is 5.76. The average Bonchev–Trinajstić information content (AvgIpc) is 2.32. The van der Waals surface area contributed by atoms with Crippen LogP contribution in [0.3, 0.4) is 0 Å². The third-order valence-electron chi connectivity index (χ3n) is 3.12. The van der Waals surface area contributed by atoms with Crippen molar-refractivity contribution in [3.63, 3.8) is 0 Å². The minimum Gasteiger partial charge on any atom is -0.399 e. The summed E-state index contributed by atoms with van der Waals surface area (Å²) in [7, 11) is 0. The molecule has 0 fully saturated rings. The van der Waals surface area contributed by atoms with E-state index < -0.39 is 0 Å². The summed E-state index contributed by atoms with van der Waals surface area (Å²) in [5.41, 5.74) is 15.8. The normalized spacial score (nSPS) is 10.3. The van der Waals surface area contributed by atoms with Crippen molar-refractivity contribution in [3.05, 3.63) is 58.7 Å². The molecule has 0 atom stereocenters. The van der Waals surface area contributed by atoms with E-state index in [1.54, 1.807) is 36.4 Å². The molecule has 92 valence electrons. The molecule has 0 aliphatic heterocycles. The smallest absolute Gasteiger partial charge is 0.193 e. The number of carbonyl (C=O) groups is 1. The summed E-state index contributed by atoms with van der Waals surface area (Å²) in [5.74, 6) is -0.0164. The predicted molar refractivity (Wildman–Crippen MR) is 74.6 cm³/mol. The number of benzene rings is 2. The van der Waals surface area contributed by atoms with Crippen LogP contribution in [0.1, 0.15) is 27.0 Å². The molecule has 3 nitrogen and oxygen atoms in total. The summed E-state index contributed by atoms with van der Waals surface area (Å²) in [6.07, 6.45) is 0. The lowest BCUT2D eigenvalue weighted by Gasteiger charge is -2.09. The molecule has 0 bridgehead atoms. The van der Waals surface area contributed by atoms with E-state index in [2.05, 4.69) is 0 Å². The fraction of sp³-hybridized carbons (Fsp3) is 0.133. The molecule has 0 aliphatic rings. The Morgan fingerprint density at radius 2 is 1.72 bits per heavy atom. The summed E-state index contributed by atoms with van der Waals surface area (Å²) < 4.78 is 0. The number of anilines is 2. The number of rotatable bonds is 2. The second-order valence-corrected chi connectivity index (χ2v) is 4.42. The van der Waals surface area contributed by atoms with Gasteiger partial charge in [0.25, 0.3) is 0 Å². The Bertz CT molecular complexity index is 618. The van der Waals surface area contributed by atoms with Crippen LogP contribution >= 0.6 is 0 Å². The molecule has 0 radical (unpaired) electrons. The molecule has 0 heterocycles. The fourth-order valence-electron chi connectivity index (χ4n) is 1.99. The minimum atomic E-state index is -0.0164. The standard InChI is InChI=1S/C15H16N2O/c1-9-8-11(16)6-7-12(9)15(18)13-4-3-5-14(17)10(13)2/h3-8H,16-17H2,1-2H3. The largest absolute Gasteiger partial charge is 0.399 e. The summed E-state index contributed by atoms with van der Waals surface area (Å²) >= 11 is 0. The van der Waals surface area contributed by atoms with Crippen LogP contribution in [-0.2, 0) is 0 Å². The molecular formula is C15H16N2O. The Labute approximate surface area is 106 Å². The predicted octanol–water partition coefficient (Wildman–Crippen LogP) is 2.70. The highest BCUT2D eigenvalue weighted by Crippen LogP contribution is 2.21. The van der Waals surface area contributed by atoms with Crippen molar-refractivity contribution in [1.29, 1.82) is 0 Å². The van der Waals surface area contributed by atoms with Crippen LogP contribution in [0.15, 0.2) is 36.4 Å². The number of hydrogen-bond acceptors (Lipinski definition) is 3. The van der Waals surface area contributed by atoms with Crippen LogP contribution in [0.25, 0.3) is 0 Å². The van der Waals surface area contributed by atoms with E-state index in [0.29, 0.717) is 22.5 Å². The molecule has 0 amide bonds. The molecule has 2 aromatic carbocycles. The number of hydrogen-bond donors (Lipinski definition) is 2. The second kappa shape index (κ2) is 4.53. The van der Waals surface area contributed by atoms with E-state index in [0.717, 1.165) is 11.1 Å². The molecular weight excluding hydrogens is 224 g/mol. The Hall–Kier alpha value is -2.29. The Kier molecular flexibility index (Phi) is 3.06. The number of aryl methyl sites for hydroxylation is 1. The van der Waals surface area contributed by atoms with E-state index in [9.17, 15) is 4.79 Å². The zero-order chi connectivity index (χ0) is 13.3. The zero-order valence-electron chi connectivity index (χ0n) is 10.5. The number of ketones is 1. The van der Waals surface area contributed by atoms with Crippen molar-refractivity contribution in [1.82, 2.24) is 0 Å². The SMILES string of the molecule is Cc1cc(N)ccc1C(=O)c1cccc(N)c1C. The maximum absolute atomic E-state index is 12.5. The summed E-state index contributed by atoms with van der Waals surface area (Å²) in [6.45, 7) is 3.74. The highest BCUT2D eigenvalue weighted by atomic mass is 16.1. The van der Waals surface area contributed by atoms with Gasteiger partial charge < -0.3 is 11.5 Å². The van der Waals surface area contributed by atoms with Gasteiger partial charge in [0.05, 0.1) is 0 Å². The van der Waals surface area contributed by atoms with Crippen molar-refractivity contribution in [2.45, 2.75) is 13.8 Å². The first kappa shape index (κ1) is 12.2. The first-order valence-electron chi connectivity index (χ1n) is 5.76. The van der Waals surface area contributed by atoms with Crippen molar-refractivity contribution >= 4 is 17.2 Å². The molecule has 2 aromatic rings. The van der Waals surface area contributed by atoms with Gasteiger partial charge in [-0.25, -0.2) is 0 Å². The molecule has 0 unspecified atom stereocenters. The maximum atomic E-state index is 12.5. The van der Waals surface area contributed by atoms with Gasteiger partial charge in [0.15, 0.2) is 5.78 Å². The first-order chi connectivity index (χ1) is 8.50. The van der Waals surface area contributed by atoms with Gasteiger partial charge in [0, 0.05) is 22.5 Å². The molecule has 18 heavy (non-hydrogen) atoms. The maximum Gasteiger partial charge on any atom is 0.193 e. The Morgan fingerprint density at radius 3 is 2.39 bits per heavy atom. The molecule has 0 saturated carbocycles. The van der Waals surface area contributed by atoms with E-state index in [1.165, 1.54) is 0 Å². The van der Waals surface area contributed by atoms with E-state index in [-0.39, 0.29) is 5.78 Å². The average molecular weight is 240 g/mol. The third-order valence-corrected chi connectivity index (χ3v) is 3.12. The third kappa shape index (κ3) is 2.07. The quantitative estimate of drug-likeness (QED) is 0.626. The molecule has 4 N–H and O–H groups in total. The van der Waals surface area contributed by atoms with Gasteiger partial charge in [-0.2, -0.15) is 0 Å². The van der Waals surface area contributed by atoms with Crippen molar-refractivity contribution in [2.75, 3.05) is 11.5 Å². The lowest BCUT2D eigenvalue weighted by Crippen LogP contribution is -2.07. The highest BCUT2D eigenvalue weighted by Gasteiger charge is 2.14. The molecule has 0 saturated heterocycles. The van der Waals surface area contributed by atoms with Crippen molar-refractivity contribution in [3.8, 4) is 0 Å². The molecule has 0 aromatic heterocycles. The zero-order valence-corrected chi connectivity index (χ0v) is 10.5. The highest BCUT2D eigenvalue weighted by molar-refractivity contribution is 6.11. The van der Waals surface area contributed by atoms with Crippen LogP contribution in [-0.4, -0.2) is 5.78 Å². The Morgan fingerprint density at radius 1 is 1.00 bits per heavy atom. The lowest BCUT2D eigenvalue weighted by atomic mass is 9.95. The van der Waals surface area contributed by atoms with Gasteiger partial charge in [0.2, 0.25) is 0 Å². The van der Waals surface area contributed by atoms with Crippen molar-refractivity contribution < 1.29 is 4.79 Å². The van der Waals surface area contributed by atoms with Crippen LogP contribution in [0.4, 0.5) is 11.4 Å². The topological polar surface area (TPSA) is 69.1 Å².